The van der Waals surface area contributed by atoms with Gasteiger partial charge in [0.15, 0.2) is 0 Å². The Kier molecular flexibility index (Phi) is 4.50. The number of carbonyl (C=O) groups excluding carboxylic acids is 1. The van der Waals surface area contributed by atoms with E-state index in [0.29, 0.717) is 6.61 Å². The number of nitrogens with zero attached hydrogens (tertiary/aromatic N) is 1. The molecule has 0 N–H and O–H groups in total. The monoisotopic (exact) mass is 360 g/mol. The maximum Gasteiger partial charge on any atom is 0.412 e. The van der Waals surface area contributed by atoms with Gasteiger partial charge in [0.25, 0.3) is 0 Å². The minimum atomic E-state index is -0.690. The number of hydrogen-bond donors (Lipinski definition) is 0. The zero-order chi connectivity index (χ0) is 20.0. The number of rotatable bonds is 3. The summed E-state index contributed by atoms with van der Waals surface area (Å²) in [6.07, 6.45) is 0.651. The number of hydrogen-bond acceptors (Lipinski definition) is 3. The van der Waals surface area contributed by atoms with E-state index < -0.39 is 17.7 Å². The summed E-state index contributed by atoms with van der Waals surface area (Å²) in [6, 6.07) is 9.86. The Labute approximate surface area is 159 Å². The maximum absolute atomic E-state index is 13.1. The molecule has 1 saturated heterocycles. The molecule has 0 radical (unpaired) electrons. The molecule has 0 unspecified atom stereocenters. The van der Waals surface area contributed by atoms with Crippen LogP contribution in [-0.4, -0.2) is 35.0 Å². The van der Waals surface area contributed by atoms with E-state index in [4.69, 9.17) is 10.8 Å². The molecule has 3 atom stereocenters. The Morgan fingerprint density at radius 3 is 2.42 bits per heavy atom. The number of benzene rings is 1. The first-order chi connectivity index (χ1) is 12.4. The summed E-state index contributed by atoms with van der Waals surface area (Å²) >= 11 is 0. The zero-order valence-electron chi connectivity index (χ0n) is 17.9. The van der Waals surface area contributed by atoms with Crippen LogP contribution in [0, 0.1) is 11.3 Å². The molecule has 1 aromatic rings. The zero-order valence-corrected chi connectivity index (χ0v) is 16.9. The third-order valence-electron chi connectivity index (χ3n) is 5.58. The molecule has 1 saturated carbocycles. The summed E-state index contributed by atoms with van der Waals surface area (Å²) in [5, 5.41) is 0. The van der Waals surface area contributed by atoms with Gasteiger partial charge < -0.3 is 9.47 Å². The summed E-state index contributed by atoms with van der Waals surface area (Å²) in [4.78, 5) is 14.8. The lowest BCUT2D eigenvalue weighted by atomic mass is 9.89. The lowest BCUT2D eigenvalue weighted by molar-refractivity contribution is -0.0615. The predicted octanol–water partition coefficient (Wildman–Crippen LogP) is 5.02. The van der Waals surface area contributed by atoms with Crippen molar-refractivity contribution in [2.45, 2.75) is 78.1 Å². The van der Waals surface area contributed by atoms with Crippen molar-refractivity contribution in [1.29, 1.82) is 0 Å². The molecule has 2 aliphatic rings. The van der Waals surface area contributed by atoms with E-state index in [1.54, 1.807) is 4.90 Å². The van der Waals surface area contributed by atoms with Gasteiger partial charge in [-0.2, -0.15) is 0 Å². The molecule has 4 nitrogen and oxygen atoms in total. The smallest absolute Gasteiger partial charge is 0.412 e. The van der Waals surface area contributed by atoms with Crippen LogP contribution < -0.4 is 0 Å². The van der Waals surface area contributed by atoms with Gasteiger partial charge in [0.1, 0.15) is 11.8 Å². The van der Waals surface area contributed by atoms with Crippen molar-refractivity contribution in [3.05, 3.63) is 35.9 Å². The summed E-state index contributed by atoms with van der Waals surface area (Å²) in [6.45, 7) is 12.7. The topological polar surface area (TPSA) is 38.8 Å². The third-order valence-corrected chi connectivity index (χ3v) is 5.58. The second-order valence-electron chi connectivity index (χ2n) is 9.62. The van der Waals surface area contributed by atoms with Crippen LogP contribution in [0.15, 0.2) is 30.3 Å². The van der Waals surface area contributed by atoms with Crippen molar-refractivity contribution in [1.82, 2.24) is 4.90 Å². The Morgan fingerprint density at radius 1 is 1.19 bits per heavy atom. The Morgan fingerprint density at radius 2 is 1.85 bits per heavy atom. The molecule has 3 rings (SSSR count). The van der Waals surface area contributed by atoms with Crippen LogP contribution in [0.4, 0.5) is 4.79 Å². The van der Waals surface area contributed by atoms with Crippen LogP contribution in [0.1, 0.15) is 61.3 Å². The van der Waals surface area contributed by atoms with Gasteiger partial charge in [0.2, 0.25) is 0 Å². The molecule has 1 aliphatic heterocycles. The number of carbonyl (C=O) groups is 1. The third kappa shape index (κ3) is 3.90. The molecule has 1 amide bonds. The molecule has 1 heterocycles. The first-order valence-electron chi connectivity index (χ1n) is 10.1. The van der Waals surface area contributed by atoms with Gasteiger partial charge in [-0.15, -0.1) is 0 Å². The van der Waals surface area contributed by atoms with Crippen molar-refractivity contribution in [3.8, 4) is 0 Å². The van der Waals surface area contributed by atoms with Gasteiger partial charge in [-0.05, 0) is 57.9 Å². The largest absolute Gasteiger partial charge is 0.446 e. The van der Waals surface area contributed by atoms with E-state index >= 15 is 0 Å². The van der Waals surface area contributed by atoms with E-state index in [-0.39, 0.29) is 23.5 Å². The second-order valence-corrected chi connectivity index (χ2v) is 9.62. The average Bonchev–Trinajstić information content (AvgIpc) is 2.98. The van der Waals surface area contributed by atoms with Crippen molar-refractivity contribution < 1.29 is 15.6 Å². The Hall–Kier alpha value is -1.55. The molecule has 26 heavy (non-hydrogen) atoms. The molecule has 0 bridgehead atoms. The minimum absolute atomic E-state index is 0.0129. The maximum atomic E-state index is 13.1. The fourth-order valence-electron chi connectivity index (χ4n) is 4.52. The van der Waals surface area contributed by atoms with Gasteiger partial charge in [-0.25, -0.2) is 4.79 Å². The van der Waals surface area contributed by atoms with Crippen molar-refractivity contribution in [2.24, 2.45) is 11.3 Å². The summed E-state index contributed by atoms with van der Waals surface area (Å²) in [7, 11) is 0. The lowest BCUT2D eigenvalue weighted by Gasteiger charge is -2.38. The number of ether oxygens (including phenoxy) is 2. The number of amides is 1. The Balaban J connectivity index is 1.80. The van der Waals surface area contributed by atoms with Gasteiger partial charge in [-0.1, -0.05) is 44.2 Å². The van der Waals surface area contributed by atoms with Crippen molar-refractivity contribution in [2.75, 3.05) is 6.61 Å². The molecule has 0 spiro atoms. The second kappa shape index (κ2) is 6.56. The van der Waals surface area contributed by atoms with Crippen LogP contribution in [0.25, 0.3) is 0 Å². The van der Waals surface area contributed by atoms with Gasteiger partial charge in [-0.3, -0.25) is 4.90 Å². The fourth-order valence-corrected chi connectivity index (χ4v) is 4.52. The standard InChI is InChI=1S/C22H33NO3/c1-20(2)13-17(12-16-10-8-7-9-11-16)18(14-20)26-19(24)23-21(3,4)15-25-22(23,5)6/h7-11,17-18H,12-15H2,1-6H3/t17-,18-/m1/s1/i12D/t12-,17-,18-. The quantitative estimate of drug-likeness (QED) is 0.760. The van der Waals surface area contributed by atoms with Crippen LogP contribution in [0.5, 0.6) is 0 Å². The van der Waals surface area contributed by atoms with E-state index in [0.717, 1.165) is 18.4 Å². The van der Waals surface area contributed by atoms with Crippen LogP contribution in [0.2, 0.25) is 0 Å². The minimum Gasteiger partial charge on any atom is -0.446 e. The summed E-state index contributed by atoms with van der Waals surface area (Å²) in [5.74, 6) is -0.0129. The molecule has 4 heteroatoms. The molecule has 0 aromatic heterocycles. The van der Waals surface area contributed by atoms with Crippen LogP contribution in [0.3, 0.4) is 0 Å². The van der Waals surface area contributed by atoms with E-state index in [1.807, 2.05) is 58.0 Å². The van der Waals surface area contributed by atoms with E-state index in [1.165, 1.54) is 0 Å². The van der Waals surface area contributed by atoms with Crippen molar-refractivity contribution in [3.63, 3.8) is 0 Å². The SMILES string of the molecule is [2H][C@H](c1ccccc1)[C@@H]1CC(C)(C)C[C@H]1OC(=O)N1C(C)(C)COC1(C)C. The first-order valence-corrected chi connectivity index (χ1v) is 9.55. The Bertz CT molecular complexity index is 670. The highest BCUT2D eigenvalue weighted by atomic mass is 16.6. The molecule has 144 valence electrons. The average molecular weight is 361 g/mol. The molecule has 1 aliphatic carbocycles. The normalized spacial score (nSPS) is 30.7. The van der Waals surface area contributed by atoms with Crippen molar-refractivity contribution >= 4 is 6.09 Å². The van der Waals surface area contributed by atoms with Gasteiger partial charge in [0.05, 0.1) is 12.1 Å². The van der Waals surface area contributed by atoms with Gasteiger partial charge in [0, 0.05) is 7.29 Å². The highest BCUT2D eigenvalue weighted by molar-refractivity contribution is 5.70. The lowest BCUT2D eigenvalue weighted by Crippen LogP contribution is -2.53. The molecular weight excluding hydrogens is 326 g/mol. The van der Waals surface area contributed by atoms with Gasteiger partial charge >= 0.3 is 6.09 Å². The summed E-state index contributed by atoms with van der Waals surface area (Å²) in [5.41, 5.74) is -0.0732. The summed E-state index contributed by atoms with van der Waals surface area (Å²) < 4.78 is 20.7. The highest BCUT2D eigenvalue weighted by Gasteiger charge is 2.51. The van der Waals surface area contributed by atoms with E-state index in [9.17, 15) is 4.79 Å². The fraction of sp³-hybridized carbons (Fsp3) is 0.682. The highest BCUT2D eigenvalue weighted by Crippen LogP contribution is 2.45. The molecule has 1 aromatic carbocycles. The predicted molar refractivity (Wildman–Crippen MR) is 103 cm³/mol. The molecular formula is C22H33NO3. The molecule has 2 fully saturated rings. The van der Waals surface area contributed by atoms with Crippen LogP contribution in [-0.2, 0) is 15.9 Å². The first kappa shape index (κ1) is 17.8. The van der Waals surface area contributed by atoms with E-state index in [2.05, 4.69) is 13.8 Å². The van der Waals surface area contributed by atoms with Crippen LogP contribution >= 0.6 is 0 Å².